The molecule has 0 atom stereocenters. The highest BCUT2D eigenvalue weighted by Gasteiger charge is 2.17. The first kappa shape index (κ1) is 25.6. The summed E-state index contributed by atoms with van der Waals surface area (Å²) >= 11 is 0. The minimum absolute atomic E-state index is 0. The molecule has 0 spiro atoms. The number of rotatable bonds is 9. The molecule has 4 nitrogen and oxygen atoms in total. The average molecular weight is 441 g/mol. The van der Waals surface area contributed by atoms with Crippen LogP contribution >= 0.6 is 24.8 Å². The van der Waals surface area contributed by atoms with E-state index in [1.54, 1.807) is 14.2 Å². The van der Waals surface area contributed by atoms with Gasteiger partial charge in [-0.25, -0.2) is 0 Å². The van der Waals surface area contributed by atoms with Crippen LogP contribution in [0, 0.1) is 0 Å². The van der Waals surface area contributed by atoms with Crippen LogP contribution in [-0.2, 0) is 12.8 Å². The zero-order valence-corrected chi connectivity index (χ0v) is 19.1. The van der Waals surface area contributed by atoms with E-state index in [0.717, 1.165) is 37.6 Å². The Balaban J connectivity index is 0.00000210. The van der Waals surface area contributed by atoms with Gasteiger partial charge < -0.3 is 19.3 Å². The molecule has 6 heteroatoms. The van der Waals surface area contributed by atoms with Crippen molar-refractivity contribution in [2.45, 2.75) is 19.3 Å². The Labute approximate surface area is 188 Å². The van der Waals surface area contributed by atoms with E-state index in [-0.39, 0.29) is 24.8 Å². The third kappa shape index (κ3) is 8.06. The van der Waals surface area contributed by atoms with Gasteiger partial charge in [-0.05, 0) is 55.1 Å². The fraction of sp³-hybridized carbons (Fsp3) is 0.478. The normalized spacial score (nSPS) is 14.6. The number of methoxy groups -OCH3 is 2. The van der Waals surface area contributed by atoms with Gasteiger partial charge in [0.25, 0.3) is 0 Å². The van der Waals surface area contributed by atoms with Crippen LogP contribution in [0.2, 0.25) is 0 Å². The Bertz CT molecular complexity index is 693. The predicted octanol–water partition coefficient (Wildman–Crippen LogP) is 4.34. The molecule has 1 fully saturated rings. The van der Waals surface area contributed by atoms with Crippen LogP contribution in [0.5, 0.6) is 11.5 Å². The lowest BCUT2D eigenvalue weighted by molar-refractivity contribution is 0.132. The molecule has 1 heterocycles. The lowest BCUT2D eigenvalue weighted by atomic mass is 10.1. The van der Waals surface area contributed by atoms with Gasteiger partial charge in [0.15, 0.2) is 0 Å². The molecule has 0 unspecified atom stereocenters. The third-order valence-corrected chi connectivity index (χ3v) is 5.43. The zero-order valence-electron chi connectivity index (χ0n) is 17.5. The van der Waals surface area contributed by atoms with Crippen LogP contribution in [0.25, 0.3) is 0 Å². The Morgan fingerprint density at radius 1 is 0.759 bits per heavy atom. The van der Waals surface area contributed by atoms with Crippen LogP contribution in [-0.4, -0.2) is 63.3 Å². The van der Waals surface area contributed by atoms with Gasteiger partial charge in [0, 0.05) is 32.7 Å². The summed E-state index contributed by atoms with van der Waals surface area (Å²) in [5.74, 6) is 1.85. The quantitative estimate of drug-likeness (QED) is 0.578. The summed E-state index contributed by atoms with van der Waals surface area (Å²) in [5.41, 5.74) is 2.67. The van der Waals surface area contributed by atoms with Crippen LogP contribution < -0.4 is 9.47 Å². The van der Waals surface area contributed by atoms with Crippen molar-refractivity contribution in [2.24, 2.45) is 0 Å². The third-order valence-electron chi connectivity index (χ3n) is 5.43. The van der Waals surface area contributed by atoms with E-state index in [1.165, 1.54) is 43.6 Å². The summed E-state index contributed by atoms with van der Waals surface area (Å²) in [6, 6.07) is 16.9. The van der Waals surface area contributed by atoms with Crippen molar-refractivity contribution in [1.82, 2.24) is 9.80 Å². The molecule has 2 aromatic rings. The summed E-state index contributed by atoms with van der Waals surface area (Å²) in [6.07, 6.45) is 3.41. The van der Waals surface area contributed by atoms with Gasteiger partial charge in [0.05, 0.1) is 14.2 Å². The maximum atomic E-state index is 5.50. The number of hydrogen-bond acceptors (Lipinski definition) is 4. The lowest BCUT2D eigenvalue weighted by Crippen LogP contribution is -2.47. The molecule has 162 valence electrons. The summed E-state index contributed by atoms with van der Waals surface area (Å²) in [4.78, 5) is 5.16. The molecule has 0 aromatic heterocycles. The molecule has 1 aliphatic heterocycles. The molecule has 0 amide bonds. The smallest absolute Gasteiger partial charge is 0.122 e. The lowest BCUT2D eigenvalue weighted by Gasteiger charge is -2.34. The van der Waals surface area contributed by atoms with Gasteiger partial charge in [0.2, 0.25) is 0 Å². The first-order valence-electron chi connectivity index (χ1n) is 9.98. The second-order valence-corrected chi connectivity index (χ2v) is 7.20. The number of benzene rings is 2. The van der Waals surface area contributed by atoms with Crippen LogP contribution in [0.15, 0.2) is 48.5 Å². The van der Waals surface area contributed by atoms with Gasteiger partial charge in [-0.15, -0.1) is 24.8 Å². The summed E-state index contributed by atoms with van der Waals surface area (Å²) in [6.45, 7) is 6.91. The van der Waals surface area contributed by atoms with Crippen molar-refractivity contribution in [1.29, 1.82) is 0 Å². The van der Waals surface area contributed by atoms with Crippen LogP contribution in [0.3, 0.4) is 0 Å². The summed E-state index contributed by atoms with van der Waals surface area (Å²) < 4.78 is 10.9. The van der Waals surface area contributed by atoms with Crippen molar-refractivity contribution < 1.29 is 9.47 Å². The fourth-order valence-corrected chi connectivity index (χ4v) is 3.74. The summed E-state index contributed by atoms with van der Waals surface area (Å²) in [7, 11) is 3.45. The highest BCUT2D eigenvalue weighted by atomic mass is 35.5. The maximum Gasteiger partial charge on any atom is 0.122 e. The molecule has 0 saturated carbocycles. The molecule has 1 aliphatic rings. The van der Waals surface area contributed by atoms with E-state index in [2.05, 4.69) is 46.2 Å². The van der Waals surface area contributed by atoms with E-state index < -0.39 is 0 Å². The van der Waals surface area contributed by atoms with E-state index in [0.29, 0.717) is 0 Å². The van der Waals surface area contributed by atoms with Crippen molar-refractivity contribution in [3.8, 4) is 11.5 Å². The van der Waals surface area contributed by atoms with Crippen molar-refractivity contribution >= 4 is 24.8 Å². The number of halogens is 2. The monoisotopic (exact) mass is 440 g/mol. The van der Waals surface area contributed by atoms with E-state index >= 15 is 0 Å². The van der Waals surface area contributed by atoms with Crippen LogP contribution in [0.1, 0.15) is 17.5 Å². The van der Waals surface area contributed by atoms with Crippen molar-refractivity contribution in [2.75, 3.05) is 53.5 Å². The van der Waals surface area contributed by atoms with Crippen molar-refractivity contribution in [3.05, 3.63) is 59.7 Å². The number of nitrogens with zero attached hydrogens (tertiary/aromatic N) is 2. The number of hydrogen-bond donors (Lipinski definition) is 0. The predicted molar refractivity (Wildman–Crippen MR) is 125 cm³/mol. The molecule has 29 heavy (non-hydrogen) atoms. The minimum Gasteiger partial charge on any atom is -0.497 e. The maximum absolute atomic E-state index is 5.50. The minimum atomic E-state index is 0. The number of piperazine rings is 1. The number of ether oxygens (including phenoxy) is 2. The van der Waals surface area contributed by atoms with Gasteiger partial charge in [0.1, 0.15) is 11.5 Å². The first-order chi connectivity index (χ1) is 13.3. The van der Waals surface area contributed by atoms with Gasteiger partial charge >= 0.3 is 0 Å². The molecule has 0 N–H and O–H groups in total. The van der Waals surface area contributed by atoms with Gasteiger partial charge in [-0.2, -0.15) is 0 Å². The first-order valence-corrected chi connectivity index (χ1v) is 9.98. The molecule has 1 saturated heterocycles. The Hall–Kier alpha value is -1.46. The van der Waals surface area contributed by atoms with E-state index in [4.69, 9.17) is 9.47 Å². The molecule has 0 aliphatic carbocycles. The Kier molecular flexibility index (Phi) is 12.1. The Morgan fingerprint density at radius 2 is 1.41 bits per heavy atom. The zero-order chi connectivity index (χ0) is 18.9. The molecule has 0 radical (unpaired) electrons. The number of aryl methyl sites for hydroxylation is 1. The van der Waals surface area contributed by atoms with Gasteiger partial charge in [-0.3, -0.25) is 0 Å². The molecule has 0 bridgehead atoms. The fourth-order valence-electron chi connectivity index (χ4n) is 3.74. The standard InChI is InChI=1S/C23H32N2O2.2ClH/c1-26-22-10-11-23(27-2)21(19-22)12-14-25-17-15-24(16-18-25)13-6-9-20-7-4-3-5-8-20;;/h3-5,7-8,10-11,19H,6,9,12-18H2,1-2H3;2*1H. The molecule has 3 rings (SSSR count). The largest absolute Gasteiger partial charge is 0.497 e. The highest BCUT2D eigenvalue weighted by Crippen LogP contribution is 2.24. The molecular formula is C23H34Cl2N2O2. The topological polar surface area (TPSA) is 24.9 Å². The van der Waals surface area contributed by atoms with Crippen LogP contribution in [0.4, 0.5) is 0 Å². The average Bonchev–Trinajstić information content (AvgIpc) is 2.73. The highest BCUT2D eigenvalue weighted by molar-refractivity contribution is 5.85. The van der Waals surface area contributed by atoms with E-state index in [1.807, 2.05) is 12.1 Å². The molecule has 2 aromatic carbocycles. The van der Waals surface area contributed by atoms with Gasteiger partial charge in [-0.1, -0.05) is 30.3 Å². The van der Waals surface area contributed by atoms with E-state index in [9.17, 15) is 0 Å². The Morgan fingerprint density at radius 3 is 2.03 bits per heavy atom. The summed E-state index contributed by atoms with van der Waals surface area (Å²) in [5, 5.41) is 0. The van der Waals surface area contributed by atoms with Crippen molar-refractivity contribution in [3.63, 3.8) is 0 Å². The second kappa shape index (κ2) is 13.7. The molecular weight excluding hydrogens is 407 g/mol. The SMILES string of the molecule is COc1ccc(OC)c(CCN2CCN(CCCc3ccccc3)CC2)c1.Cl.Cl. The second-order valence-electron chi connectivity index (χ2n) is 7.20.